The summed E-state index contributed by atoms with van der Waals surface area (Å²) < 4.78 is 0. The van der Waals surface area contributed by atoms with Crippen molar-refractivity contribution in [1.82, 2.24) is 10.2 Å². The summed E-state index contributed by atoms with van der Waals surface area (Å²) in [6.07, 6.45) is 1.65. The molecule has 0 bridgehead atoms. The fourth-order valence-electron chi connectivity index (χ4n) is 2.93. The van der Waals surface area contributed by atoms with E-state index in [0.29, 0.717) is 13.1 Å². The molecule has 1 saturated heterocycles. The highest BCUT2D eigenvalue weighted by Crippen LogP contribution is 2.26. The van der Waals surface area contributed by atoms with Gasteiger partial charge in [0.2, 0.25) is 11.8 Å². The molecule has 0 aromatic heterocycles. The van der Waals surface area contributed by atoms with Gasteiger partial charge in [-0.2, -0.15) is 0 Å². The van der Waals surface area contributed by atoms with Crippen molar-refractivity contribution in [3.8, 4) is 0 Å². The van der Waals surface area contributed by atoms with Gasteiger partial charge in [0.05, 0.1) is 17.9 Å². The number of hydrogen-bond donors (Lipinski definition) is 2. The fourth-order valence-corrected chi connectivity index (χ4v) is 2.93. The maximum absolute atomic E-state index is 12.5. The largest absolute Gasteiger partial charge is 0.385 e. The molecule has 1 fully saturated rings. The second kappa shape index (κ2) is 6.92. The predicted molar refractivity (Wildman–Crippen MR) is 84.0 cm³/mol. The van der Waals surface area contributed by atoms with Gasteiger partial charge >= 0.3 is 0 Å². The highest BCUT2D eigenvalue weighted by Gasteiger charge is 2.32. The van der Waals surface area contributed by atoms with Gasteiger partial charge in [-0.25, -0.2) is 0 Å². The smallest absolute Gasteiger partial charge is 0.225 e. The van der Waals surface area contributed by atoms with Crippen molar-refractivity contribution >= 4 is 11.8 Å². The molecular weight excluding hydrogens is 280 g/mol. The maximum Gasteiger partial charge on any atom is 0.225 e. The lowest BCUT2D eigenvalue weighted by atomic mass is 9.91. The van der Waals surface area contributed by atoms with Crippen LogP contribution in [0.3, 0.4) is 0 Å². The van der Waals surface area contributed by atoms with E-state index < -0.39 is 5.60 Å². The average molecular weight is 304 g/mol. The van der Waals surface area contributed by atoms with Crippen molar-refractivity contribution in [1.29, 1.82) is 0 Å². The summed E-state index contributed by atoms with van der Waals surface area (Å²) in [5, 5.41) is 13.2. The van der Waals surface area contributed by atoms with Crippen molar-refractivity contribution in [3.05, 3.63) is 35.9 Å². The van der Waals surface area contributed by atoms with Crippen molar-refractivity contribution in [3.63, 3.8) is 0 Å². The molecule has 5 nitrogen and oxygen atoms in total. The second-order valence-corrected chi connectivity index (χ2v) is 6.11. The third-order valence-electron chi connectivity index (χ3n) is 4.28. The van der Waals surface area contributed by atoms with E-state index in [0.717, 1.165) is 18.4 Å². The first-order valence-corrected chi connectivity index (χ1v) is 7.71. The van der Waals surface area contributed by atoms with Gasteiger partial charge in [0.15, 0.2) is 0 Å². The van der Waals surface area contributed by atoms with Crippen molar-refractivity contribution in [2.24, 2.45) is 5.92 Å². The summed E-state index contributed by atoms with van der Waals surface area (Å²) in [4.78, 5) is 25.9. The Morgan fingerprint density at radius 2 is 2.05 bits per heavy atom. The molecule has 1 aromatic carbocycles. The zero-order chi connectivity index (χ0) is 16.2. The number of carbonyl (C=O) groups is 2. The van der Waals surface area contributed by atoms with Crippen molar-refractivity contribution in [2.75, 3.05) is 20.1 Å². The summed E-state index contributed by atoms with van der Waals surface area (Å²) in [6.45, 7) is 2.74. The molecule has 120 valence electrons. The first kappa shape index (κ1) is 16.5. The van der Waals surface area contributed by atoms with Gasteiger partial charge in [-0.15, -0.1) is 0 Å². The molecule has 1 heterocycles. The summed E-state index contributed by atoms with van der Waals surface area (Å²) in [5.74, 6) is -0.279. The van der Waals surface area contributed by atoms with Gasteiger partial charge in [0.25, 0.3) is 0 Å². The predicted octanol–water partition coefficient (Wildman–Crippen LogP) is 1.27. The topological polar surface area (TPSA) is 69.6 Å². The van der Waals surface area contributed by atoms with Gasteiger partial charge < -0.3 is 15.3 Å². The Labute approximate surface area is 131 Å². The van der Waals surface area contributed by atoms with Crippen LogP contribution in [0.1, 0.15) is 31.7 Å². The number of piperidine rings is 1. The number of rotatable bonds is 4. The lowest BCUT2D eigenvalue weighted by Gasteiger charge is -2.34. The van der Waals surface area contributed by atoms with Gasteiger partial charge in [-0.05, 0) is 25.3 Å². The zero-order valence-electron chi connectivity index (χ0n) is 13.2. The fraction of sp³-hybridized carbons (Fsp3) is 0.529. The molecule has 2 rings (SSSR count). The molecule has 2 amide bonds. The Morgan fingerprint density at radius 1 is 1.36 bits per heavy atom. The molecule has 0 aliphatic carbocycles. The second-order valence-electron chi connectivity index (χ2n) is 6.11. The maximum atomic E-state index is 12.5. The number of nitrogens with zero attached hydrogens (tertiary/aromatic N) is 1. The van der Waals surface area contributed by atoms with Crippen LogP contribution in [0.2, 0.25) is 0 Å². The Bertz CT molecular complexity index is 528. The molecule has 0 radical (unpaired) electrons. The Kier molecular flexibility index (Phi) is 5.19. The number of benzene rings is 1. The lowest BCUT2D eigenvalue weighted by Crippen LogP contribution is -2.46. The van der Waals surface area contributed by atoms with Gasteiger partial charge in [0, 0.05) is 20.1 Å². The summed E-state index contributed by atoms with van der Waals surface area (Å²) in [5.41, 5.74) is -0.471. The van der Waals surface area contributed by atoms with Crippen LogP contribution in [0.4, 0.5) is 0 Å². The monoisotopic (exact) mass is 304 g/mol. The Balaban J connectivity index is 2.01. The van der Waals surface area contributed by atoms with E-state index in [9.17, 15) is 14.7 Å². The molecule has 1 aliphatic heterocycles. The molecule has 2 unspecified atom stereocenters. The first-order valence-electron chi connectivity index (χ1n) is 7.71. The zero-order valence-corrected chi connectivity index (χ0v) is 13.2. The molecule has 22 heavy (non-hydrogen) atoms. The van der Waals surface area contributed by atoms with E-state index in [4.69, 9.17) is 0 Å². The number of nitrogens with one attached hydrogen (secondary N) is 1. The quantitative estimate of drug-likeness (QED) is 0.880. The molecular formula is C17H24N2O3. The molecule has 2 N–H and O–H groups in total. The van der Waals surface area contributed by atoms with Crippen LogP contribution in [0.25, 0.3) is 0 Å². The van der Waals surface area contributed by atoms with E-state index in [1.54, 1.807) is 18.9 Å². The lowest BCUT2D eigenvalue weighted by molar-refractivity contribution is -0.139. The third-order valence-corrected chi connectivity index (χ3v) is 4.28. The minimum Gasteiger partial charge on any atom is -0.385 e. The van der Waals surface area contributed by atoms with E-state index in [-0.39, 0.29) is 24.2 Å². The van der Waals surface area contributed by atoms with Crippen molar-refractivity contribution < 1.29 is 14.7 Å². The Hall–Kier alpha value is -1.88. The van der Waals surface area contributed by atoms with E-state index in [1.807, 2.05) is 30.3 Å². The van der Waals surface area contributed by atoms with Gasteiger partial charge in [0.1, 0.15) is 0 Å². The Morgan fingerprint density at radius 3 is 2.68 bits per heavy atom. The number of amides is 2. The number of carbonyl (C=O) groups excluding carboxylic acids is 2. The van der Waals surface area contributed by atoms with Crippen LogP contribution in [0.15, 0.2) is 30.3 Å². The molecule has 0 spiro atoms. The standard InChI is InChI=1S/C17H24N2O3/c1-17(22,14-8-4-3-5-9-14)11-15(20)19-10-6-7-13(12-19)16(21)18-2/h3-5,8-9,13,22H,6-7,10-12H2,1-2H3,(H,18,21). The normalized spacial score (nSPS) is 21.0. The number of likely N-dealkylation sites (tertiary alicyclic amines) is 1. The van der Waals surface area contributed by atoms with E-state index in [1.165, 1.54) is 0 Å². The van der Waals surface area contributed by atoms with Crippen LogP contribution in [0.5, 0.6) is 0 Å². The first-order chi connectivity index (χ1) is 10.4. The average Bonchev–Trinajstić information content (AvgIpc) is 2.54. The minimum absolute atomic E-state index is 0.0210. The SMILES string of the molecule is CNC(=O)C1CCCN(C(=O)CC(C)(O)c2ccccc2)C1. The van der Waals surface area contributed by atoms with Gasteiger partial charge in [-0.1, -0.05) is 30.3 Å². The minimum atomic E-state index is -1.20. The van der Waals surface area contributed by atoms with Crippen LogP contribution < -0.4 is 5.32 Å². The van der Waals surface area contributed by atoms with Crippen LogP contribution in [-0.2, 0) is 15.2 Å². The van der Waals surface area contributed by atoms with E-state index >= 15 is 0 Å². The summed E-state index contributed by atoms with van der Waals surface area (Å²) in [6, 6.07) is 9.20. The van der Waals surface area contributed by atoms with Crippen LogP contribution in [0, 0.1) is 5.92 Å². The van der Waals surface area contributed by atoms with E-state index in [2.05, 4.69) is 5.32 Å². The summed E-state index contributed by atoms with van der Waals surface area (Å²) in [7, 11) is 1.61. The molecule has 5 heteroatoms. The molecule has 1 aromatic rings. The third kappa shape index (κ3) is 3.85. The number of aliphatic hydroxyl groups is 1. The molecule has 2 atom stereocenters. The van der Waals surface area contributed by atoms with Crippen LogP contribution >= 0.6 is 0 Å². The van der Waals surface area contributed by atoms with Crippen LogP contribution in [-0.4, -0.2) is 42.0 Å². The molecule has 0 saturated carbocycles. The number of hydrogen-bond acceptors (Lipinski definition) is 3. The van der Waals surface area contributed by atoms with Gasteiger partial charge in [-0.3, -0.25) is 9.59 Å². The van der Waals surface area contributed by atoms with Crippen molar-refractivity contribution in [2.45, 2.75) is 31.8 Å². The highest BCUT2D eigenvalue weighted by molar-refractivity contribution is 5.81. The molecule has 1 aliphatic rings. The summed E-state index contributed by atoms with van der Waals surface area (Å²) >= 11 is 0. The highest BCUT2D eigenvalue weighted by atomic mass is 16.3.